The number of rotatable bonds is 6. The van der Waals surface area contributed by atoms with Crippen molar-refractivity contribution in [1.29, 1.82) is 0 Å². The topological polar surface area (TPSA) is 58.2 Å². The van der Waals surface area contributed by atoms with Crippen molar-refractivity contribution in [3.8, 4) is 0 Å². The summed E-state index contributed by atoms with van der Waals surface area (Å²) in [7, 11) is 1.59. The molecule has 0 unspecified atom stereocenters. The van der Waals surface area contributed by atoms with E-state index in [9.17, 15) is 9.59 Å². The van der Waals surface area contributed by atoms with Crippen LogP contribution in [-0.4, -0.2) is 18.9 Å². The SMILES string of the molecule is CNC(=O)c1cccc(CNC(=O)CCc2cccc(Cl)c2)c1. The molecule has 2 amide bonds. The molecular weight excluding hydrogens is 312 g/mol. The van der Waals surface area contributed by atoms with E-state index in [1.165, 1.54) is 0 Å². The lowest BCUT2D eigenvalue weighted by Crippen LogP contribution is -2.23. The van der Waals surface area contributed by atoms with E-state index >= 15 is 0 Å². The lowest BCUT2D eigenvalue weighted by Gasteiger charge is -2.07. The van der Waals surface area contributed by atoms with E-state index in [1.807, 2.05) is 30.3 Å². The average Bonchev–Trinajstić information content (AvgIpc) is 2.57. The number of hydrogen-bond acceptors (Lipinski definition) is 2. The highest BCUT2D eigenvalue weighted by atomic mass is 35.5. The molecular formula is C18H19ClN2O2. The van der Waals surface area contributed by atoms with Crippen molar-refractivity contribution in [1.82, 2.24) is 10.6 Å². The van der Waals surface area contributed by atoms with Crippen LogP contribution < -0.4 is 10.6 Å². The Labute approximate surface area is 140 Å². The number of halogens is 1. The van der Waals surface area contributed by atoms with Crippen molar-refractivity contribution < 1.29 is 9.59 Å². The third-order valence-corrected chi connectivity index (χ3v) is 3.67. The summed E-state index contributed by atoms with van der Waals surface area (Å²) in [6.07, 6.45) is 1.04. The van der Waals surface area contributed by atoms with Gasteiger partial charge < -0.3 is 10.6 Å². The van der Waals surface area contributed by atoms with Crippen molar-refractivity contribution in [2.45, 2.75) is 19.4 Å². The Balaban J connectivity index is 1.83. The summed E-state index contributed by atoms with van der Waals surface area (Å²) < 4.78 is 0. The van der Waals surface area contributed by atoms with Crippen LogP contribution >= 0.6 is 11.6 Å². The molecule has 0 aromatic heterocycles. The van der Waals surface area contributed by atoms with Crippen LogP contribution in [0.1, 0.15) is 27.9 Å². The molecule has 4 nitrogen and oxygen atoms in total. The highest BCUT2D eigenvalue weighted by Crippen LogP contribution is 2.12. The molecule has 120 valence electrons. The lowest BCUT2D eigenvalue weighted by molar-refractivity contribution is -0.121. The standard InChI is InChI=1S/C18H19ClN2O2/c1-20-18(23)15-6-2-5-14(10-15)12-21-17(22)9-8-13-4-3-7-16(19)11-13/h2-7,10-11H,8-9,12H2,1H3,(H,20,23)(H,21,22). The molecule has 0 aliphatic carbocycles. The molecule has 2 rings (SSSR count). The smallest absolute Gasteiger partial charge is 0.251 e. The zero-order valence-electron chi connectivity index (χ0n) is 12.9. The van der Waals surface area contributed by atoms with E-state index in [1.54, 1.807) is 25.2 Å². The fourth-order valence-electron chi connectivity index (χ4n) is 2.21. The van der Waals surface area contributed by atoms with Gasteiger partial charge in [0.2, 0.25) is 5.91 Å². The van der Waals surface area contributed by atoms with Gasteiger partial charge in [0.05, 0.1) is 0 Å². The molecule has 0 spiro atoms. The minimum absolute atomic E-state index is 0.0321. The first-order chi connectivity index (χ1) is 11.1. The molecule has 0 radical (unpaired) electrons. The normalized spacial score (nSPS) is 10.2. The summed E-state index contributed by atoms with van der Waals surface area (Å²) in [4.78, 5) is 23.5. The molecule has 0 bridgehead atoms. The van der Waals surface area contributed by atoms with Crippen molar-refractivity contribution in [2.75, 3.05) is 7.05 Å². The molecule has 2 aromatic rings. The van der Waals surface area contributed by atoms with E-state index < -0.39 is 0 Å². The Morgan fingerprint density at radius 2 is 1.78 bits per heavy atom. The van der Waals surface area contributed by atoms with Gasteiger partial charge in [0.1, 0.15) is 0 Å². The predicted octanol–water partition coefficient (Wildman–Crippen LogP) is 2.95. The highest BCUT2D eigenvalue weighted by molar-refractivity contribution is 6.30. The van der Waals surface area contributed by atoms with Crippen molar-refractivity contribution in [3.63, 3.8) is 0 Å². The van der Waals surface area contributed by atoms with E-state index in [2.05, 4.69) is 10.6 Å². The van der Waals surface area contributed by atoms with Crippen LogP contribution in [0.5, 0.6) is 0 Å². The van der Waals surface area contributed by atoms with E-state index in [0.29, 0.717) is 30.0 Å². The van der Waals surface area contributed by atoms with Crippen molar-refractivity contribution in [2.24, 2.45) is 0 Å². The molecule has 0 atom stereocenters. The van der Waals surface area contributed by atoms with Crippen LogP contribution in [0, 0.1) is 0 Å². The summed E-state index contributed by atoms with van der Waals surface area (Å²) >= 11 is 5.92. The highest BCUT2D eigenvalue weighted by Gasteiger charge is 2.06. The molecule has 2 N–H and O–H groups in total. The van der Waals surface area contributed by atoms with Gasteiger partial charge in [0.25, 0.3) is 5.91 Å². The summed E-state index contributed by atoms with van der Waals surface area (Å²) in [5.74, 6) is -0.172. The first-order valence-corrected chi connectivity index (χ1v) is 7.78. The summed E-state index contributed by atoms with van der Waals surface area (Å²) in [5.41, 5.74) is 2.51. The predicted molar refractivity (Wildman–Crippen MR) is 91.5 cm³/mol. The third kappa shape index (κ3) is 5.42. The number of nitrogens with one attached hydrogen (secondary N) is 2. The molecule has 23 heavy (non-hydrogen) atoms. The molecule has 5 heteroatoms. The minimum Gasteiger partial charge on any atom is -0.355 e. The second kappa shape index (κ2) is 8.34. The second-order valence-corrected chi connectivity index (χ2v) is 5.62. The second-order valence-electron chi connectivity index (χ2n) is 5.19. The van der Waals surface area contributed by atoms with Gasteiger partial charge >= 0.3 is 0 Å². The number of hydrogen-bond donors (Lipinski definition) is 2. The first kappa shape index (κ1) is 17.0. The number of carbonyl (C=O) groups excluding carboxylic acids is 2. The van der Waals surface area contributed by atoms with Gasteiger partial charge in [-0.15, -0.1) is 0 Å². The largest absolute Gasteiger partial charge is 0.355 e. The summed E-state index contributed by atoms with van der Waals surface area (Å²) in [6, 6.07) is 14.7. The van der Waals surface area contributed by atoms with Gasteiger partial charge in [0.15, 0.2) is 0 Å². The van der Waals surface area contributed by atoms with Crippen LogP contribution in [0.4, 0.5) is 0 Å². The van der Waals surface area contributed by atoms with Gasteiger partial charge in [-0.3, -0.25) is 9.59 Å². The number of aryl methyl sites for hydroxylation is 1. The fourth-order valence-corrected chi connectivity index (χ4v) is 2.42. The molecule has 0 fully saturated rings. The van der Waals surface area contributed by atoms with Gasteiger partial charge in [-0.2, -0.15) is 0 Å². The summed E-state index contributed by atoms with van der Waals surface area (Å²) in [6.45, 7) is 0.402. The molecule has 2 aromatic carbocycles. The van der Waals surface area contributed by atoms with Gasteiger partial charge in [-0.05, 0) is 41.8 Å². The van der Waals surface area contributed by atoms with Crippen LogP contribution in [-0.2, 0) is 17.8 Å². The average molecular weight is 331 g/mol. The summed E-state index contributed by atoms with van der Waals surface area (Å²) in [5, 5.41) is 6.12. The monoisotopic (exact) mass is 330 g/mol. The minimum atomic E-state index is -0.140. The Bertz CT molecular complexity index is 701. The number of carbonyl (C=O) groups is 2. The number of benzene rings is 2. The van der Waals surface area contributed by atoms with Crippen LogP contribution in [0.3, 0.4) is 0 Å². The fraction of sp³-hybridized carbons (Fsp3) is 0.222. The maximum absolute atomic E-state index is 11.9. The lowest BCUT2D eigenvalue weighted by atomic mass is 10.1. The van der Waals surface area contributed by atoms with Crippen LogP contribution in [0.15, 0.2) is 48.5 Å². The van der Waals surface area contributed by atoms with E-state index in [4.69, 9.17) is 11.6 Å². The van der Waals surface area contributed by atoms with Crippen LogP contribution in [0.2, 0.25) is 5.02 Å². The van der Waals surface area contributed by atoms with Gasteiger partial charge in [-0.25, -0.2) is 0 Å². The zero-order chi connectivity index (χ0) is 16.7. The molecule has 0 saturated heterocycles. The Kier molecular flexibility index (Phi) is 6.18. The quantitative estimate of drug-likeness (QED) is 0.855. The third-order valence-electron chi connectivity index (χ3n) is 3.44. The zero-order valence-corrected chi connectivity index (χ0v) is 13.7. The van der Waals surface area contributed by atoms with E-state index in [0.717, 1.165) is 11.1 Å². The van der Waals surface area contributed by atoms with Crippen molar-refractivity contribution in [3.05, 3.63) is 70.2 Å². The molecule has 0 saturated carbocycles. The van der Waals surface area contributed by atoms with Gasteiger partial charge in [0, 0.05) is 30.6 Å². The molecule has 0 aliphatic rings. The maximum atomic E-state index is 11.9. The van der Waals surface area contributed by atoms with Crippen molar-refractivity contribution >= 4 is 23.4 Å². The van der Waals surface area contributed by atoms with E-state index in [-0.39, 0.29) is 11.8 Å². The van der Waals surface area contributed by atoms with Gasteiger partial charge in [-0.1, -0.05) is 35.9 Å². The Morgan fingerprint density at radius 1 is 1.04 bits per heavy atom. The first-order valence-electron chi connectivity index (χ1n) is 7.40. The maximum Gasteiger partial charge on any atom is 0.251 e. The van der Waals surface area contributed by atoms with Crippen LogP contribution in [0.25, 0.3) is 0 Å². The Hall–Kier alpha value is -2.33. The number of amides is 2. The molecule has 0 aliphatic heterocycles. The Morgan fingerprint density at radius 3 is 2.52 bits per heavy atom. The molecule has 0 heterocycles.